The summed E-state index contributed by atoms with van der Waals surface area (Å²) in [6.45, 7) is 3.58. The van der Waals surface area contributed by atoms with Gasteiger partial charge in [-0.15, -0.1) is 0 Å². The number of rotatable bonds is 5. The number of benzene rings is 1. The van der Waals surface area contributed by atoms with E-state index in [0.717, 1.165) is 17.7 Å². The number of unbranched alkanes of at least 4 members (excludes halogenated alkanes) is 3. The molecule has 0 saturated carbocycles. The summed E-state index contributed by atoms with van der Waals surface area (Å²) in [6.07, 6.45) is 4.51. The van der Waals surface area contributed by atoms with Crippen LogP contribution in [0.15, 0.2) is 29.2 Å². The van der Waals surface area contributed by atoms with Crippen molar-refractivity contribution in [1.29, 1.82) is 0 Å². The first kappa shape index (κ1) is 14.7. The van der Waals surface area contributed by atoms with Crippen LogP contribution in [0.3, 0.4) is 0 Å². The zero-order chi connectivity index (χ0) is 13.2. The van der Waals surface area contributed by atoms with Crippen LogP contribution in [0.4, 0.5) is 0 Å². The number of carbonyl (C=O) groups excluding carboxylic acids is 1. The van der Waals surface area contributed by atoms with Crippen LogP contribution in [0, 0.1) is 11.2 Å². The van der Waals surface area contributed by atoms with Crippen LogP contribution >= 0.6 is 11.8 Å². The number of para-hydroxylation sites is 1. The zero-order valence-electron chi connectivity index (χ0n) is 10.9. The first-order chi connectivity index (χ1) is 8.74. The van der Waals surface area contributed by atoms with Gasteiger partial charge in [-0.3, -0.25) is 4.79 Å². The van der Waals surface area contributed by atoms with E-state index >= 15 is 0 Å². The Morgan fingerprint density at radius 2 is 2.11 bits per heavy atom. The molecule has 0 atom stereocenters. The highest BCUT2D eigenvalue weighted by Gasteiger charge is 2.04. The van der Waals surface area contributed by atoms with Gasteiger partial charge in [0.15, 0.2) is 0 Å². The van der Waals surface area contributed by atoms with E-state index in [1.807, 2.05) is 18.2 Å². The number of hydrogen-bond donors (Lipinski definition) is 0. The van der Waals surface area contributed by atoms with E-state index in [1.54, 1.807) is 6.07 Å². The highest BCUT2D eigenvalue weighted by Crippen LogP contribution is 2.28. The summed E-state index contributed by atoms with van der Waals surface area (Å²) in [4.78, 5) is 11.8. The van der Waals surface area contributed by atoms with Crippen molar-refractivity contribution < 1.29 is 9.53 Å². The molecule has 0 N–H and O–H groups in total. The molecular weight excluding hydrogens is 244 g/mol. The van der Waals surface area contributed by atoms with Gasteiger partial charge >= 0.3 is 5.97 Å². The maximum absolute atomic E-state index is 10.9. The van der Waals surface area contributed by atoms with Gasteiger partial charge in [-0.2, -0.15) is 0 Å². The number of ether oxygens (including phenoxy) is 1. The topological polar surface area (TPSA) is 26.3 Å². The van der Waals surface area contributed by atoms with Gasteiger partial charge in [0.1, 0.15) is 5.75 Å². The van der Waals surface area contributed by atoms with Crippen LogP contribution in [0.1, 0.15) is 39.5 Å². The first-order valence-electron chi connectivity index (χ1n) is 6.16. The van der Waals surface area contributed by atoms with Gasteiger partial charge in [-0.25, -0.2) is 0 Å². The van der Waals surface area contributed by atoms with Crippen LogP contribution in [-0.4, -0.2) is 5.97 Å². The lowest BCUT2D eigenvalue weighted by atomic mass is 10.2. The van der Waals surface area contributed by atoms with Crippen LogP contribution < -0.4 is 4.74 Å². The van der Waals surface area contributed by atoms with Crippen molar-refractivity contribution in [2.24, 2.45) is 0 Å². The number of carbonyl (C=O) groups is 1. The average Bonchev–Trinajstić information content (AvgIpc) is 2.35. The highest BCUT2D eigenvalue weighted by atomic mass is 32.2. The maximum atomic E-state index is 10.9. The largest absolute Gasteiger partial charge is 0.425 e. The molecule has 0 aliphatic rings. The summed E-state index contributed by atoms with van der Waals surface area (Å²) >= 11 is 1.41. The third kappa shape index (κ3) is 5.79. The molecule has 0 radical (unpaired) electrons. The van der Waals surface area contributed by atoms with Crippen molar-refractivity contribution in [3.8, 4) is 16.9 Å². The van der Waals surface area contributed by atoms with E-state index in [4.69, 9.17) is 4.74 Å². The third-order valence-corrected chi connectivity index (χ3v) is 3.04. The predicted octanol–water partition coefficient (Wildman–Crippen LogP) is 4.25. The minimum Gasteiger partial charge on any atom is -0.425 e. The standard InChI is InChI=1S/C15H18O2S/c1-3-4-5-6-9-12-18-15-11-8-7-10-14(15)17-13(2)16/h7-8,10-11H,3-6H2,1-2H3. The lowest BCUT2D eigenvalue weighted by molar-refractivity contribution is -0.132. The molecular formula is C15H18O2S. The van der Waals surface area contributed by atoms with Gasteiger partial charge in [0.05, 0.1) is 4.90 Å². The number of hydrogen-bond acceptors (Lipinski definition) is 3. The van der Waals surface area contributed by atoms with E-state index in [0.29, 0.717) is 5.75 Å². The molecule has 0 aliphatic heterocycles. The van der Waals surface area contributed by atoms with Crippen molar-refractivity contribution >= 4 is 17.7 Å². The summed E-state index contributed by atoms with van der Waals surface area (Å²) in [5.74, 6) is 3.40. The van der Waals surface area contributed by atoms with E-state index in [-0.39, 0.29) is 5.97 Å². The van der Waals surface area contributed by atoms with Crippen molar-refractivity contribution in [1.82, 2.24) is 0 Å². The molecule has 3 heteroatoms. The molecule has 0 aliphatic carbocycles. The lowest BCUT2D eigenvalue weighted by Gasteiger charge is -2.04. The number of thioether (sulfide) groups is 1. The molecule has 0 heterocycles. The summed E-state index contributed by atoms with van der Waals surface area (Å²) < 4.78 is 5.11. The summed E-state index contributed by atoms with van der Waals surface area (Å²) in [5, 5.41) is 3.05. The van der Waals surface area contributed by atoms with Gasteiger partial charge in [0.2, 0.25) is 0 Å². The second kappa shape index (κ2) is 8.66. The average molecular weight is 262 g/mol. The molecule has 0 fully saturated rings. The normalized spacial score (nSPS) is 9.44. The Morgan fingerprint density at radius 3 is 2.83 bits per heavy atom. The fourth-order valence-corrected chi connectivity index (χ4v) is 2.02. The van der Waals surface area contributed by atoms with Crippen LogP contribution in [-0.2, 0) is 4.79 Å². The van der Waals surface area contributed by atoms with E-state index < -0.39 is 0 Å². The van der Waals surface area contributed by atoms with Crippen LogP contribution in [0.5, 0.6) is 5.75 Å². The second-order valence-corrected chi connectivity index (χ2v) is 4.73. The SMILES string of the molecule is CCCCCC#CSc1ccccc1OC(C)=O. The molecule has 0 spiro atoms. The van der Waals surface area contributed by atoms with Crippen LogP contribution in [0.25, 0.3) is 0 Å². The summed E-state index contributed by atoms with van der Waals surface area (Å²) in [5.41, 5.74) is 0. The Kier molecular flexibility index (Phi) is 7.05. The Labute approximate surface area is 113 Å². The van der Waals surface area contributed by atoms with E-state index in [1.165, 1.54) is 31.5 Å². The van der Waals surface area contributed by atoms with E-state index in [2.05, 4.69) is 18.1 Å². The van der Waals surface area contributed by atoms with Crippen molar-refractivity contribution in [3.63, 3.8) is 0 Å². The molecule has 2 nitrogen and oxygen atoms in total. The van der Waals surface area contributed by atoms with Gasteiger partial charge in [0.25, 0.3) is 0 Å². The fourth-order valence-electron chi connectivity index (χ4n) is 1.38. The third-order valence-electron chi connectivity index (χ3n) is 2.24. The lowest BCUT2D eigenvalue weighted by Crippen LogP contribution is -2.01. The Bertz CT molecular complexity index is 443. The van der Waals surface area contributed by atoms with Crippen molar-refractivity contribution in [2.75, 3.05) is 0 Å². The quantitative estimate of drug-likeness (QED) is 0.261. The molecule has 0 saturated heterocycles. The molecule has 0 aromatic heterocycles. The van der Waals surface area contributed by atoms with Crippen LogP contribution in [0.2, 0.25) is 0 Å². The Hall–Kier alpha value is -1.40. The highest BCUT2D eigenvalue weighted by molar-refractivity contribution is 8.04. The molecule has 96 valence electrons. The molecule has 0 bridgehead atoms. The molecule has 0 amide bonds. The smallest absolute Gasteiger partial charge is 0.308 e. The van der Waals surface area contributed by atoms with Gasteiger partial charge < -0.3 is 4.74 Å². The maximum Gasteiger partial charge on any atom is 0.308 e. The predicted molar refractivity (Wildman–Crippen MR) is 75.5 cm³/mol. The second-order valence-electron chi connectivity index (χ2n) is 3.88. The van der Waals surface area contributed by atoms with Gasteiger partial charge in [-0.05, 0) is 35.6 Å². The minimum atomic E-state index is -0.307. The monoisotopic (exact) mass is 262 g/mol. The molecule has 0 unspecified atom stereocenters. The van der Waals surface area contributed by atoms with Crippen molar-refractivity contribution in [3.05, 3.63) is 24.3 Å². The zero-order valence-corrected chi connectivity index (χ0v) is 11.7. The molecule has 1 aromatic rings. The molecule has 1 aromatic carbocycles. The Balaban J connectivity index is 2.53. The van der Waals surface area contributed by atoms with E-state index in [9.17, 15) is 4.79 Å². The fraction of sp³-hybridized carbons (Fsp3) is 0.400. The minimum absolute atomic E-state index is 0.307. The Morgan fingerprint density at radius 1 is 1.33 bits per heavy atom. The van der Waals surface area contributed by atoms with Crippen molar-refractivity contribution in [2.45, 2.75) is 44.4 Å². The molecule has 1 rings (SSSR count). The summed E-state index contributed by atoms with van der Waals surface area (Å²) in [7, 11) is 0. The van der Waals surface area contributed by atoms with Gasteiger partial charge in [0, 0.05) is 13.3 Å². The first-order valence-corrected chi connectivity index (χ1v) is 6.98. The summed E-state index contributed by atoms with van der Waals surface area (Å²) in [6, 6.07) is 7.44. The van der Waals surface area contributed by atoms with Gasteiger partial charge in [-0.1, -0.05) is 37.8 Å². The number of esters is 1. The molecule has 18 heavy (non-hydrogen) atoms.